The number of benzene rings is 2. The molecule has 3 heteroatoms. The van der Waals surface area contributed by atoms with Crippen molar-refractivity contribution in [3.63, 3.8) is 0 Å². The number of carbonyl (C=O) groups excluding carboxylic acids is 1. The van der Waals surface area contributed by atoms with Gasteiger partial charge in [-0.1, -0.05) is 54.6 Å². The molecule has 2 atom stereocenters. The zero-order valence-electron chi connectivity index (χ0n) is 12.8. The summed E-state index contributed by atoms with van der Waals surface area (Å²) in [5, 5.41) is 0. The lowest BCUT2D eigenvalue weighted by Gasteiger charge is -2.28. The van der Waals surface area contributed by atoms with Crippen molar-refractivity contribution in [1.82, 2.24) is 4.90 Å². The summed E-state index contributed by atoms with van der Waals surface area (Å²) in [5.74, 6) is -0.0416. The summed E-state index contributed by atoms with van der Waals surface area (Å²) < 4.78 is 5.49. The average molecular weight is 293 g/mol. The molecule has 0 radical (unpaired) electrons. The molecule has 2 aromatic carbocycles. The van der Waals surface area contributed by atoms with Crippen LogP contribution in [0.3, 0.4) is 0 Å². The minimum absolute atomic E-state index is 0.0416. The number of methoxy groups -OCH3 is 1. The van der Waals surface area contributed by atoms with E-state index in [9.17, 15) is 4.79 Å². The van der Waals surface area contributed by atoms with Crippen molar-refractivity contribution in [2.24, 2.45) is 0 Å². The summed E-state index contributed by atoms with van der Waals surface area (Å²) in [4.78, 5) is 14.7. The molecule has 22 heavy (non-hydrogen) atoms. The van der Waals surface area contributed by atoms with Gasteiger partial charge in [0.05, 0.1) is 6.04 Å². The number of amides is 1. The summed E-state index contributed by atoms with van der Waals surface area (Å²) >= 11 is 0. The fraction of sp³-hybridized carbons (Fsp3) is 0.211. The fourth-order valence-electron chi connectivity index (χ4n) is 2.84. The Morgan fingerprint density at radius 2 is 1.73 bits per heavy atom. The second kappa shape index (κ2) is 6.16. The first-order valence-corrected chi connectivity index (χ1v) is 7.39. The van der Waals surface area contributed by atoms with Crippen LogP contribution in [-0.2, 0) is 9.53 Å². The van der Waals surface area contributed by atoms with Crippen LogP contribution < -0.4 is 0 Å². The minimum atomic E-state index is -0.572. The van der Waals surface area contributed by atoms with Gasteiger partial charge < -0.3 is 9.64 Å². The molecule has 3 nitrogen and oxygen atoms in total. The predicted molar refractivity (Wildman–Crippen MR) is 86.9 cm³/mol. The van der Waals surface area contributed by atoms with Crippen LogP contribution in [0.25, 0.3) is 6.08 Å². The zero-order valence-corrected chi connectivity index (χ0v) is 12.8. The summed E-state index contributed by atoms with van der Waals surface area (Å²) in [7, 11) is 1.58. The highest BCUT2D eigenvalue weighted by atomic mass is 16.5. The maximum Gasteiger partial charge on any atom is 0.260 e. The molecule has 1 aliphatic heterocycles. The monoisotopic (exact) mass is 293 g/mol. The molecular formula is C19H19NO2. The van der Waals surface area contributed by atoms with Gasteiger partial charge in [-0.15, -0.1) is 0 Å². The third kappa shape index (κ3) is 2.55. The lowest BCUT2D eigenvalue weighted by Crippen LogP contribution is -2.33. The average Bonchev–Trinajstić information content (AvgIpc) is 2.71. The molecule has 0 spiro atoms. The first-order chi connectivity index (χ1) is 10.7. The number of hydrogen-bond acceptors (Lipinski definition) is 2. The lowest BCUT2D eigenvalue weighted by atomic mass is 10.0. The van der Waals surface area contributed by atoms with Crippen LogP contribution in [0.15, 0.2) is 60.8 Å². The van der Waals surface area contributed by atoms with Gasteiger partial charge in [-0.2, -0.15) is 0 Å². The van der Waals surface area contributed by atoms with Gasteiger partial charge in [0, 0.05) is 13.3 Å². The smallest absolute Gasteiger partial charge is 0.260 e. The second-order valence-corrected chi connectivity index (χ2v) is 5.39. The van der Waals surface area contributed by atoms with Gasteiger partial charge in [0.2, 0.25) is 0 Å². The fourth-order valence-corrected chi connectivity index (χ4v) is 2.84. The Balaban J connectivity index is 2.00. The van der Waals surface area contributed by atoms with Gasteiger partial charge in [0.15, 0.2) is 6.10 Å². The summed E-state index contributed by atoms with van der Waals surface area (Å²) in [6.45, 7) is 2.03. The van der Waals surface area contributed by atoms with Gasteiger partial charge in [-0.3, -0.25) is 4.79 Å². The molecule has 0 aromatic heterocycles. The van der Waals surface area contributed by atoms with Crippen molar-refractivity contribution in [2.45, 2.75) is 19.1 Å². The van der Waals surface area contributed by atoms with Crippen molar-refractivity contribution < 1.29 is 9.53 Å². The molecule has 3 rings (SSSR count). The minimum Gasteiger partial charge on any atom is -0.367 e. The molecule has 0 bridgehead atoms. The molecule has 112 valence electrons. The highest BCUT2D eigenvalue weighted by Gasteiger charge is 2.31. The SMILES string of the molecule is CO[C@@H]1C(=O)N([C@H](C)c2ccccc2)C=Cc2ccccc21. The van der Waals surface area contributed by atoms with Gasteiger partial charge in [-0.25, -0.2) is 0 Å². The number of hydrogen-bond donors (Lipinski definition) is 0. The topological polar surface area (TPSA) is 29.5 Å². The summed E-state index contributed by atoms with van der Waals surface area (Å²) in [5.41, 5.74) is 3.03. The molecule has 0 aliphatic carbocycles. The van der Waals surface area contributed by atoms with E-state index in [2.05, 4.69) is 0 Å². The van der Waals surface area contributed by atoms with Gasteiger partial charge >= 0.3 is 0 Å². The quantitative estimate of drug-likeness (QED) is 0.857. The molecular weight excluding hydrogens is 274 g/mol. The van der Waals surface area contributed by atoms with Crippen LogP contribution in [0.1, 0.15) is 35.8 Å². The van der Waals surface area contributed by atoms with E-state index < -0.39 is 6.10 Å². The van der Waals surface area contributed by atoms with Crippen LogP contribution in [-0.4, -0.2) is 17.9 Å². The standard InChI is InChI=1S/C19H19NO2/c1-14(15-8-4-3-5-9-15)20-13-12-16-10-6-7-11-17(16)18(22-2)19(20)21/h3-14,18H,1-2H3/t14-,18+/m1/s1. The van der Waals surface area contributed by atoms with Crippen molar-refractivity contribution in [3.8, 4) is 0 Å². The van der Waals surface area contributed by atoms with Crippen LogP contribution in [0.5, 0.6) is 0 Å². The summed E-state index contributed by atoms with van der Waals surface area (Å²) in [6, 6.07) is 17.8. The van der Waals surface area contributed by atoms with Gasteiger partial charge in [0.25, 0.3) is 5.91 Å². The number of rotatable bonds is 3. The largest absolute Gasteiger partial charge is 0.367 e. The molecule has 0 saturated carbocycles. The summed E-state index contributed by atoms with van der Waals surface area (Å²) in [6.07, 6.45) is 3.26. The first kappa shape index (κ1) is 14.5. The molecule has 0 fully saturated rings. The third-order valence-corrected chi connectivity index (χ3v) is 4.11. The number of ether oxygens (including phenoxy) is 1. The Labute approximate surface area is 130 Å². The van der Waals surface area contributed by atoms with Crippen molar-refractivity contribution in [3.05, 3.63) is 77.5 Å². The van der Waals surface area contributed by atoms with E-state index in [1.54, 1.807) is 12.0 Å². The molecule has 1 heterocycles. The van der Waals surface area contributed by atoms with Crippen molar-refractivity contribution in [2.75, 3.05) is 7.11 Å². The Kier molecular flexibility index (Phi) is 4.07. The van der Waals surface area contributed by atoms with Crippen molar-refractivity contribution in [1.29, 1.82) is 0 Å². The maximum absolute atomic E-state index is 12.9. The van der Waals surface area contributed by atoms with E-state index >= 15 is 0 Å². The van der Waals surface area contributed by atoms with Crippen molar-refractivity contribution >= 4 is 12.0 Å². The Bertz CT molecular complexity index is 694. The highest BCUT2D eigenvalue weighted by Crippen LogP contribution is 2.32. The Morgan fingerprint density at radius 1 is 1.05 bits per heavy atom. The molecule has 0 N–H and O–H groups in total. The number of nitrogens with zero attached hydrogens (tertiary/aromatic N) is 1. The predicted octanol–water partition coefficient (Wildman–Crippen LogP) is 3.95. The normalized spacial score (nSPS) is 18.7. The van der Waals surface area contributed by atoms with E-state index in [4.69, 9.17) is 4.74 Å². The molecule has 1 aliphatic rings. The molecule has 0 saturated heterocycles. The second-order valence-electron chi connectivity index (χ2n) is 5.39. The zero-order chi connectivity index (χ0) is 15.5. The van der Waals surface area contributed by atoms with E-state index in [1.807, 2.05) is 73.8 Å². The molecule has 0 unspecified atom stereocenters. The van der Waals surface area contributed by atoms with Crippen LogP contribution in [0.2, 0.25) is 0 Å². The van der Waals surface area contributed by atoms with E-state index in [0.29, 0.717) is 0 Å². The van der Waals surface area contributed by atoms with E-state index in [1.165, 1.54) is 0 Å². The highest BCUT2D eigenvalue weighted by molar-refractivity contribution is 5.87. The van der Waals surface area contributed by atoms with Gasteiger partial charge in [0.1, 0.15) is 0 Å². The van der Waals surface area contributed by atoms with Crippen LogP contribution >= 0.6 is 0 Å². The molecule has 1 amide bonds. The Hall–Kier alpha value is -2.39. The lowest BCUT2D eigenvalue weighted by molar-refractivity contribution is -0.141. The number of fused-ring (bicyclic) bond motifs is 1. The van der Waals surface area contributed by atoms with Crippen LogP contribution in [0, 0.1) is 0 Å². The van der Waals surface area contributed by atoms with E-state index in [-0.39, 0.29) is 11.9 Å². The Morgan fingerprint density at radius 3 is 2.45 bits per heavy atom. The van der Waals surface area contributed by atoms with Gasteiger partial charge in [-0.05, 0) is 29.7 Å². The molecule has 2 aromatic rings. The van der Waals surface area contributed by atoms with E-state index in [0.717, 1.165) is 16.7 Å². The maximum atomic E-state index is 12.9. The van der Waals surface area contributed by atoms with Crippen LogP contribution in [0.4, 0.5) is 0 Å². The number of carbonyl (C=O) groups is 1. The first-order valence-electron chi connectivity index (χ1n) is 7.39. The third-order valence-electron chi connectivity index (χ3n) is 4.11.